The topological polar surface area (TPSA) is 60.2 Å². The number of thiazole rings is 1. The van der Waals surface area contributed by atoms with E-state index >= 15 is 0 Å². The lowest BCUT2D eigenvalue weighted by Crippen LogP contribution is -2.33. The van der Waals surface area contributed by atoms with Gasteiger partial charge in [-0.15, -0.1) is 0 Å². The number of esters is 1. The van der Waals surface area contributed by atoms with Crippen molar-refractivity contribution in [2.24, 2.45) is 0 Å². The molecule has 1 aliphatic rings. The third kappa shape index (κ3) is 2.19. The number of nitrogens with zero attached hydrogens (tertiary/aromatic N) is 4. The Balaban J connectivity index is 1.86. The average Bonchev–Trinajstić information content (AvgIpc) is 3.03. The number of methoxy groups -OCH3 is 1. The van der Waals surface area contributed by atoms with E-state index < -0.39 is 5.97 Å². The number of aromatic nitrogens is 3. The SMILES string of the molecule is COC(=O)c1sc(N2CCn3ccnc3C2)nc1Cl. The van der Waals surface area contributed by atoms with Gasteiger partial charge in [0.15, 0.2) is 15.2 Å². The Kier molecular flexibility index (Phi) is 3.16. The number of ether oxygens (including phenoxy) is 1. The number of imidazole rings is 1. The van der Waals surface area contributed by atoms with E-state index in [0.29, 0.717) is 11.4 Å². The van der Waals surface area contributed by atoms with Crippen LogP contribution in [0.4, 0.5) is 5.13 Å². The van der Waals surface area contributed by atoms with Crippen LogP contribution < -0.4 is 4.90 Å². The molecule has 3 heterocycles. The van der Waals surface area contributed by atoms with Crippen LogP contribution in [-0.4, -0.2) is 34.2 Å². The largest absolute Gasteiger partial charge is 0.465 e. The van der Waals surface area contributed by atoms with Crippen molar-refractivity contribution in [2.45, 2.75) is 13.1 Å². The Bertz CT molecular complexity index is 624. The Morgan fingerprint density at radius 3 is 3.16 bits per heavy atom. The summed E-state index contributed by atoms with van der Waals surface area (Å²) in [6, 6.07) is 0. The Morgan fingerprint density at radius 2 is 2.37 bits per heavy atom. The second kappa shape index (κ2) is 4.82. The fourth-order valence-electron chi connectivity index (χ4n) is 1.98. The van der Waals surface area contributed by atoms with Crippen LogP contribution in [0.15, 0.2) is 12.4 Å². The highest BCUT2D eigenvalue weighted by molar-refractivity contribution is 7.18. The Hall–Kier alpha value is -1.60. The van der Waals surface area contributed by atoms with E-state index in [0.717, 1.165) is 24.0 Å². The van der Waals surface area contributed by atoms with Crippen molar-refractivity contribution >= 4 is 34.0 Å². The minimum Gasteiger partial charge on any atom is -0.465 e. The number of carbonyl (C=O) groups excluding carboxylic acids is 1. The van der Waals surface area contributed by atoms with Gasteiger partial charge in [0.05, 0.1) is 13.7 Å². The summed E-state index contributed by atoms with van der Waals surface area (Å²) >= 11 is 7.22. The predicted molar refractivity (Wildman–Crippen MR) is 71.7 cm³/mol. The van der Waals surface area contributed by atoms with Gasteiger partial charge in [-0.25, -0.2) is 14.8 Å². The second-order valence-electron chi connectivity index (χ2n) is 4.07. The van der Waals surface area contributed by atoms with Crippen molar-refractivity contribution in [1.29, 1.82) is 0 Å². The monoisotopic (exact) mass is 298 g/mol. The van der Waals surface area contributed by atoms with E-state index in [9.17, 15) is 4.79 Å². The van der Waals surface area contributed by atoms with Crippen LogP contribution in [0.25, 0.3) is 0 Å². The molecule has 0 bridgehead atoms. The number of anilines is 1. The number of fused-ring (bicyclic) bond motifs is 1. The fraction of sp³-hybridized carbons (Fsp3) is 0.364. The van der Waals surface area contributed by atoms with Gasteiger partial charge < -0.3 is 14.2 Å². The van der Waals surface area contributed by atoms with Crippen LogP contribution in [0.5, 0.6) is 0 Å². The summed E-state index contributed by atoms with van der Waals surface area (Å²) in [4.78, 5) is 22.4. The van der Waals surface area contributed by atoms with Crippen LogP contribution in [-0.2, 0) is 17.8 Å². The van der Waals surface area contributed by atoms with Crippen LogP contribution in [0, 0.1) is 0 Å². The van der Waals surface area contributed by atoms with Gasteiger partial charge in [0.2, 0.25) is 0 Å². The standard InChI is InChI=1S/C11H11ClN4O2S/c1-18-10(17)8-9(12)14-11(19-8)16-5-4-15-3-2-13-7(15)6-16/h2-3H,4-6H2,1H3. The van der Waals surface area contributed by atoms with Gasteiger partial charge >= 0.3 is 5.97 Å². The van der Waals surface area contributed by atoms with Crippen molar-refractivity contribution in [2.75, 3.05) is 18.6 Å². The van der Waals surface area contributed by atoms with Crippen molar-refractivity contribution < 1.29 is 9.53 Å². The summed E-state index contributed by atoms with van der Waals surface area (Å²) in [5.74, 6) is 0.532. The zero-order chi connectivity index (χ0) is 13.4. The van der Waals surface area contributed by atoms with Crippen LogP contribution in [0.1, 0.15) is 15.5 Å². The first-order valence-electron chi connectivity index (χ1n) is 5.68. The summed E-state index contributed by atoms with van der Waals surface area (Å²) in [6.07, 6.45) is 3.74. The maximum absolute atomic E-state index is 11.5. The molecule has 0 fully saturated rings. The maximum atomic E-state index is 11.5. The van der Waals surface area contributed by atoms with Crippen LogP contribution in [0.3, 0.4) is 0 Å². The first kappa shape index (κ1) is 12.4. The molecule has 0 saturated heterocycles. The van der Waals surface area contributed by atoms with Crippen molar-refractivity contribution in [3.05, 3.63) is 28.2 Å². The highest BCUT2D eigenvalue weighted by atomic mass is 35.5. The molecule has 3 rings (SSSR count). The van der Waals surface area contributed by atoms with E-state index in [1.165, 1.54) is 18.4 Å². The second-order valence-corrected chi connectivity index (χ2v) is 5.40. The molecule has 1 aliphatic heterocycles. The maximum Gasteiger partial charge on any atom is 0.351 e. The predicted octanol–water partition coefficient (Wildman–Crippen LogP) is 1.80. The van der Waals surface area contributed by atoms with Gasteiger partial charge in [-0.1, -0.05) is 22.9 Å². The summed E-state index contributed by atoms with van der Waals surface area (Å²) in [6.45, 7) is 2.32. The molecule has 2 aromatic rings. The van der Waals surface area contributed by atoms with Crippen molar-refractivity contribution in [3.63, 3.8) is 0 Å². The van der Waals surface area contributed by atoms with Crippen molar-refractivity contribution in [1.82, 2.24) is 14.5 Å². The van der Waals surface area contributed by atoms with E-state index in [1.807, 2.05) is 6.20 Å². The molecule has 0 unspecified atom stereocenters. The molecule has 100 valence electrons. The molecule has 8 heteroatoms. The van der Waals surface area contributed by atoms with Gasteiger partial charge in [0.25, 0.3) is 0 Å². The lowest BCUT2D eigenvalue weighted by atomic mass is 10.4. The molecule has 0 aliphatic carbocycles. The molecule has 19 heavy (non-hydrogen) atoms. The molecule has 0 saturated carbocycles. The number of hydrogen-bond donors (Lipinski definition) is 0. The van der Waals surface area contributed by atoms with Gasteiger partial charge in [0, 0.05) is 25.5 Å². The van der Waals surface area contributed by atoms with E-state index in [1.54, 1.807) is 6.20 Å². The molecule has 0 spiro atoms. The third-order valence-electron chi connectivity index (χ3n) is 2.96. The molecule has 6 nitrogen and oxygen atoms in total. The van der Waals surface area contributed by atoms with E-state index in [-0.39, 0.29) is 5.15 Å². The summed E-state index contributed by atoms with van der Waals surface area (Å²) in [7, 11) is 1.33. The third-order valence-corrected chi connectivity index (χ3v) is 4.44. The molecule has 0 radical (unpaired) electrons. The molecule has 0 aromatic carbocycles. The molecular formula is C11H11ClN4O2S. The van der Waals surface area contributed by atoms with Gasteiger partial charge in [-0.3, -0.25) is 0 Å². The molecule has 2 aromatic heterocycles. The Labute approximate surface area is 118 Å². The highest BCUT2D eigenvalue weighted by Gasteiger charge is 2.23. The summed E-state index contributed by atoms with van der Waals surface area (Å²) < 4.78 is 6.78. The minimum absolute atomic E-state index is 0.195. The molecule has 0 N–H and O–H groups in total. The quantitative estimate of drug-likeness (QED) is 0.791. The first-order valence-corrected chi connectivity index (χ1v) is 6.88. The zero-order valence-electron chi connectivity index (χ0n) is 10.2. The van der Waals surface area contributed by atoms with Crippen LogP contribution >= 0.6 is 22.9 Å². The lowest BCUT2D eigenvalue weighted by molar-refractivity contribution is 0.0606. The normalized spacial score (nSPS) is 14.3. The summed E-state index contributed by atoms with van der Waals surface area (Å²) in [5, 5.41) is 0.917. The average molecular weight is 299 g/mol. The van der Waals surface area contributed by atoms with E-state index in [2.05, 4.69) is 24.2 Å². The van der Waals surface area contributed by atoms with Gasteiger partial charge in [-0.2, -0.15) is 0 Å². The zero-order valence-corrected chi connectivity index (χ0v) is 11.7. The first-order chi connectivity index (χ1) is 9.19. The number of carbonyl (C=O) groups is 1. The van der Waals surface area contributed by atoms with Crippen LogP contribution in [0.2, 0.25) is 5.15 Å². The minimum atomic E-state index is -0.452. The molecular weight excluding hydrogens is 288 g/mol. The number of halogens is 1. The molecule has 0 atom stereocenters. The Morgan fingerprint density at radius 1 is 1.53 bits per heavy atom. The highest BCUT2D eigenvalue weighted by Crippen LogP contribution is 2.31. The van der Waals surface area contributed by atoms with Gasteiger partial charge in [-0.05, 0) is 0 Å². The number of hydrogen-bond acceptors (Lipinski definition) is 6. The number of rotatable bonds is 2. The smallest absolute Gasteiger partial charge is 0.351 e. The lowest BCUT2D eigenvalue weighted by Gasteiger charge is -2.26. The fourth-order valence-corrected chi connectivity index (χ4v) is 3.21. The van der Waals surface area contributed by atoms with E-state index in [4.69, 9.17) is 11.6 Å². The van der Waals surface area contributed by atoms with Crippen molar-refractivity contribution in [3.8, 4) is 0 Å². The summed E-state index contributed by atoms with van der Waals surface area (Å²) in [5.41, 5.74) is 0. The molecule has 0 amide bonds. The van der Waals surface area contributed by atoms with Gasteiger partial charge in [0.1, 0.15) is 5.82 Å².